The number of nitrogens with one attached hydrogen (secondary N) is 1. The van der Waals surface area contributed by atoms with Crippen LogP contribution in [0, 0.1) is 0 Å². The average Bonchev–Trinajstić information content (AvgIpc) is 2.69. The molecule has 1 heterocycles. The maximum Gasteiger partial charge on any atom is 0.0484 e. The lowest BCUT2D eigenvalue weighted by Crippen LogP contribution is -2.01. The zero-order chi connectivity index (χ0) is 12.1. The topological polar surface area (TPSA) is 17.0 Å². The third-order valence-electron chi connectivity index (χ3n) is 2.52. The summed E-state index contributed by atoms with van der Waals surface area (Å²) in [6, 6.07) is 8.33. The average molecular weight is 216 g/mol. The Bertz CT molecular complexity index is 480. The number of hydrogen-bond donors (Lipinski definition) is 1. The van der Waals surface area contributed by atoms with Crippen molar-refractivity contribution in [3.8, 4) is 0 Å². The molecule has 86 valence electrons. The van der Waals surface area contributed by atoms with Gasteiger partial charge in [-0.3, -0.25) is 0 Å². The van der Waals surface area contributed by atoms with E-state index < -0.39 is 0 Å². The maximum absolute atomic E-state index is 3.98. The Labute approximate surface area is 97.6 Å². The van der Waals surface area contributed by atoms with Gasteiger partial charge in [0, 0.05) is 42.5 Å². The van der Waals surface area contributed by atoms with Crippen molar-refractivity contribution in [3.05, 3.63) is 42.6 Å². The van der Waals surface area contributed by atoms with Crippen molar-refractivity contribution in [1.82, 2.24) is 9.88 Å². The standard InChI is InChI=1S/C12H14N2.C2H6/c1-9(13-2)11-8-14(3)12-7-5-4-6-10(11)12;1-2/h4-8,13H,1H2,2-3H3;1-2H3. The van der Waals surface area contributed by atoms with E-state index in [1.165, 1.54) is 16.5 Å². The SMILES string of the molecule is C=C(NC)c1cn(C)c2ccccc12.CC. The summed E-state index contributed by atoms with van der Waals surface area (Å²) in [5.74, 6) is 0. The molecule has 0 spiro atoms. The molecule has 0 saturated carbocycles. The molecule has 0 radical (unpaired) electrons. The summed E-state index contributed by atoms with van der Waals surface area (Å²) in [5.41, 5.74) is 3.37. The largest absolute Gasteiger partial charge is 0.388 e. The molecule has 0 bridgehead atoms. The van der Waals surface area contributed by atoms with Gasteiger partial charge in [0.2, 0.25) is 0 Å². The lowest BCUT2D eigenvalue weighted by Gasteiger charge is -2.01. The molecule has 0 atom stereocenters. The minimum Gasteiger partial charge on any atom is -0.388 e. The second kappa shape index (κ2) is 5.40. The fourth-order valence-corrected chi connectivity index (χ4v) is 1.72. The van der Waals surface area contributed by atoms with Crippen LogP contribution in [0.1, 0.15) is 19.4 Å². The van der Waals surface area contributed by atoms with Crippen molar-refractivity contribution in [2.75, 3.05) is 7.05 Å². The normalized spacial score (nSPS) is 9.50. The molecule has 2 heteroatoms. The van der Waals surface area contributed by atoms with E-state index in [1.807, 2.05) is 27.0 Å². The molecule has 1 N–H and O–H groups in total. The number of nitrogens with zero attached hydrogens (tertiary/aromatic N) is 1. The molecule has 0 amide bonds. The van der Waals surface area contributed by atoms with Crippen LogP contribution in [-0.4, -0.2) is 11.6 Å². The second-order valence-corrected chi connectivity index (χ2v) is 3.40. The zero-order valence-electron chi connectivity index (χ0n) is 10.5. The molecule has 0 aliphatic carbocycles. The molecule has 0 aliphatic heterocycles. The van der Waals surface area contributed by atoms with E-state index in [0.717, 1.165) is 5.70 Å². The number of para-hydroxylation sites is 1. The van der Waals surface area contributed by atoms with E-state index in [2.05, 4.69) is 47.9 Å². The van der Waals surface area contributed by atoms with Gasteiger partial charge in [-0.05, 0) is 6.07 Å². The summed E-state index contributed by atoms with van der Waals surface area (Å²) in [7, 11) is 3.94. The van der Waals surface area contributed by atoms with Crippen molar-refractivity contribution in [3.63, 3.8) is 0 Å². The van der Waals surface area contributed by atoms with E-state index >= 15 is 0 Å². The lowest BCUT2D eigenvalue weighted by atomic mass is 10.1. The van der Waals surface area contributed by atoms with E-state index in [0.29, 0.717) is 0 Å². The van der Waals surface area contributed by atoms with Gasteiger partial charge in [-0.15, -0.1) is 0 Å². The van der Waals surface area contributed by atoms with Crippen LogP contribution in [0.3, 0.4) is 0 Å². The van der Waals surface area contributed by atoms with Crippen molar-refractivity contribution < 1.29 is 0 Å². The Morgan fingerprint density at radius 1 is 1.25 bits per heavy atom. The highest BCUT2D eigenvalue weighted by molar-refractivity contribution is 5.92. The van der Waals surface area contributed by atoms with E-state index in [1.54, 1.807) is 0 Å². The minimum absolute atomic E-state index is 0.960. The molecular formula is C14H20N2. The molecule has 0 unspecified atom stereocenters. The monoisotopic (exact) mass is 216 g/mol. The molecule has 1 aromatic heterocycles. The van der Waals surface area contributed by atoms with Gasteiger partial charge in [-0.1, -0.05) is 38.6 Å². The van der Waals surface area contributed by atoms with E-state index in [4.69, 9.17) is 0 Å². The first kappa shape index (κ1) is 12.4. The van der Waals surface area contributed by atoms with Crippen LogP contribution in [0.25, 0.3) is 16.6 Å². The highest BCUT2D eigenvalue weighted by Crippen LogP contribution is 2.23. The summed E-state index contributed by atoms with van der Waals surface area (Å²) in [4.78, 5) is 0. The summed E-state index contributed by atoms with van der Waals surface area (Å²) < 4.78 is 2.12. The fourth-order valence-electron chi connectivity index (χ4n) is 1.72. The van der Waals surface area contributed by atoms with Crippen LogP contribution >= 0.6 is 0 Å². The van der Waals surface area contributed by atoms with Crippen LogP contribution in [0.4, 0.5) is 0 Å². The molecule has 0 fully saturated rings. The van der Waals surface area contributed by atoms with Crippen LogP contribution in [0.5, 0.6) is 0 Å². The third kappa shape index (κ3) is 2.11. The van der Waals surface area contributed by atoms with Gasteiger partial charge >= 0.3 is 0 Å². The van der Waals surface area contributed by atoms with Gasteiger partial charge < -0.3 is 9.88 Å². The lowest BCUT2D eigenvalue weighted by molar-refractivity contribution is 0.964. The fraction of sp³-hybridized carbons (Fsp3) is 0.286. The summed E-state index contributed by atoms with van der Waals surface area (Å²) in [6.07, 6.45) is 2.10. The Morgan fingerprint density at radius 3 is 2.50 bits per heavy atom. The van der Waals surface area contributed by atoms with Crippen LogP contribution in [0.15, 0.2) is 37.0 Å². The van der Waals surface area contributed by atoms with E-state index in [-0.39, 0.29) is 0 Å². The number of benzene rings is 1. The number of rotatable bonds is 2. The highest BCUT2D eigenvalue weighted by atomic mass is 14.9. The number of hydrogen-bond acceptors (Lipinski definition) is 1. The Balaban J connectivity index is 0.000000606. The van der Waals surface area contributed by atoms with E-state index in [9.17, 15) is 0 Å². The number of aromatic nitrogens is 1. The molecule has 16 heavy (non-hydrogen) atoms. The van der Waals surface area contributed by atoms with Crippen LogP contribution in [-0.2, 0) is 7.05 Å². The maximum atomic E-state index is 3.98. The van der Waals surface area contributed by atoms with Crippen molar-refractivity contribution in [2.45, 2.75) is 13.8 Å². The number of fused-ring (bicyclic) bond motifs is 1. The van der Waals surface area contributed by atoms with Crippen LogP contribution in [0.2, 0.25) is 0 Å². The zero-order valence-corrected chi connectivity index (χ0v) is 10.5. The van der Waals surface area contributed by atoms with Crippen molar-refractivity contribution >= 4 is 16.6 Å². The molecule has 2 nitrogen and oxygen atoms in total. The molecule has 0 aliphatic rings. The van der Waals surface area contributed by atoms with Gasteiger partial charge in [0.25, 0.3) is 0 Å². The summed E-state index contributed by atoms with van der Waals surface area (Å²) in [5, 5.41) is 4.32. The molecule has 2 rings (SSSR count). The molecule has 0 saturated heterocycles. The third-order valence-corrected chi connectivity index (χ3v) is 2.52. The van der Waals surface area contributed by atoms with Gasteiger partial charge in [0.15, 0.2) is 0 Å². The van der Waals surface area contributed by atoms with Crippen molar-refractivity contribution in [2.24, 2.45) is 7.05 Å². The van der Waals surface area contributed by atoms with Crippen LogP contribution < -0.4 is 5.32 Å². The first-order chi connectivity index (χ1) is 7.74. The highest BCUT2D eigenvalue weighted by Gasteiger charge is 2.06. The molecular weight excluding hydrogens is 196 g/mol. The smallest absolute Gasteiger partial charge is 0.0484 e. The summed E-state index contributed by atoms with van der Waals surface area (Å²) >= 11 is 0. The quantitative estimate of drug-likeness (QED) is 0.814. The first-order valence-electron chi connectivity index (χ1n) is 5.65. The summed E-state index contributed by atoms with van der Waals surface area (Å²) in [6.45, 7) is 7.98. The number of aryl methyl sites for hydroxylation is 1. The van der Waals surface area contributed by atoms with Gasteiger partial charge in [-0.2, -0.15) is 0 Å². The second-order valence-electron chi connectivity index (χ2n) is 3.40. The predicted octanol–water partition coefficient (Wildman–Crippen LogP) is 3.39. The van der Waals surface area contributed by atoms with Crippen molar-refractivity contribution in [1.29, 1.82) is 0 Å². The Morgan fingerprint density at radius 2 is 1.88 bits per heavy atom. The Kier molecular flexibility index (Phi) is 4.18. The minimum atomic E-state index is 0.960. The van der Waals surface area contributed by atoms with Gasteiger partial charge in [0.1, 0.15) is 0 Å². The molecule has 1 aromatic carbocycles. The Hall–Kier alpha value is -1.70. The molecule has 2 aromatic rings. The first-order valence-corrected chi connectivity index (χ1v) is 5.65. The van der Waals surface area contributed by atoms with Gasteiger partial charge in [0.05, 0.1) is 0 Å². The van der Waals surface area contributed by atoms with Gasteiger partial charge in [-0.25, -0.2) is 0 Å². The predicted molar refractivity (Wildman–Crippen MR) is 72.4 cm³/mol.